The highest BCUT2D eigenvalue weighted by Crippen LogP contribution is 2.45. The monoisotopic (exact) mass is 282 g/mol. The average Bonchev–Trinajstić information content (AvgIpc) is 3.12. The van der Waals surface area contributed by atoms with Crippen LogP contribution in [0.5, 0.6) is 0 Å². The number of benzene rings is 1. The maximum atomic E-state index is 11.1. The molecule has 1 saturated carbocycles. The fourth-order valence-electron chi connectivity index (χ4n) is 2.19. The van der Waals surface area contributed by atoms with Gasteiger partial charge in [-0.15, -0.1) is 0 Å². The summed E-state index contributed by atoms with van der Waals surface area (Å²) in [4.78, 5) is 13.1. The topological polar surface area (TPSA) is 52.6 Å². The van der Waals surface area contributed by atoms with Gasteiger partial charge in [0, 0.05) is 43.5 Å². The number of carbonyl (C=O) groups is 1. The first-order valence-corrected chi connectivity index (χ1v) is 6.73. The Morgan fingerprint density at radius 2 is 2.16 bits per heavy atom. The molecule has 0 spiro atoms. The van der Waals surface area contributed by atoms with Gasteiger partial charge in [-0.05, 0) is 25.0 Å². The Labute approximate surface area is 118 Å². The van der Waals surface area contributed by atoms with E-state index in [1.165, 1.54) is 0 Å². The molecule has 5 heteroatoms. The standard InChI is InChI=1S/C14H19ClN2O2/c1-17(2)12-5-3-4-11(15)10(12)8-16-9-14(6-7-14)13(18)19/h3-5,16H,6-9H2,1-2H3,(H,18,19). The van der Waals surface area contributed by atoms with Gasteiger partial charge in [0.25, 0.3) is 0 Å². The van der Waals surface area contributed by atoms with Crippen molar-refractivity contribution < 1.29 is 9.90 Å². The van der Waals surface area contributed by atoms with Crippen LogP contribution in [0.25, 0.3) is 0 Å². The largest absolute Gasteiger partial charge is 0.481 e. The molecule has 0 amide bonds. The van der Waals surface area contributed by atoms with E-state index in [4.69, 9.17) is 16.7 Å². The third kappa shape index (κ3) is 3.01. The zero-order valence-electron chi connectivity index (χ0n) is 11.2. The molecule has 0 aromatic heterocycles. The van der Waals surface area contributed by atoms with E-state index in [0.29, 0.717) is 18.1 Å². The third-order valence-corrected chi connectivity index (χ3v) is 4.00. The van der Waals surface area contributed by atoms with Gasteiger partial charge in [-0.1, -0.05) is 17.7 Å². The van der Waals surface area contributed by atoms with E-state index in [-0.39, 0.29) is 0 Å². The summed E-state index contributed by atoms with van der Waals surface area (Å²) >= 11 is 6.22. The number of anilines is 1. The number of aliphatic carboxylic acids is 1. The summed E-state index contributed by atoms with van der Waals surface area (Å²) in [5.41, 5.74) is 1.52. The van der Waals surface area contributed by atoms with Gasteiger partial charge in [-0.25, -0.2) is 0 Å². The highest BCUT2D eigenvalue weighted by molar-refractivity contribution is 6.31. The van der Waals surface area contributed by atoms with Gasteiger partial charge in [-0.2, -0.15) is 0 Å². The molecule has 2 N–H and O–H groups in total. The van der Waals surface area contributed by atoms with Crippen LogP contribution in [-0.2, 0) is 11.3 Å². The molecule has 19 heavy (non-hydrogen) atoms. The van der Waals surface area contributed by atoms with Gasteiger partial charge in [0.15, 0.2) is 0 Å². The minimum absolute atomic E-state index is 0.500. The predicted octanol–water partition coefficient (Wildman–Crippen LogP) is 2.36. The molecule has 104 valence electrons. The Kier molecular flexibility index (Phi) is 4.02. The number of hydrogen-bond donors (Lipinski definition) is 2. The van der Waals surface area contributed by atoms with Gasteiger partial charge in [0.1, 0.15) is 0 Å². The first-order valence-electron chi connectivity index (χ1n) is 6.35. The van der Waals surface area contributed by atoms with Crippen LogP contribution in [-0.4, -0.2) is 31.7 Å². The Morgan fingerprint density at radius 3 is 2.68 bits per heavy atom. The molecule has 1 aromatic rings. The molecular formula is C14H19ClN2O2. The molecule has 0 atom stereocenters. The van der Waals surface area contributed by atoms with Crippen LogP contribution in [0.15, 0.2) is 18.2 Å². The van der Waals surface area contributed by atoms with Crippen LogP contribution >= 0.6 is 11.6 Å². The lowest BCUT2D eigenvalue weighted by Gasteiger charge is -2.19. The van der Waals surface area contributed by atoms with Crippen LogP contribution in [0, 0.1) is 5.41 Å². The second kappa shape index (κ2) is 5.39. The minimum Gasteiger partial charge on any atom is -0.481 e. The van der Waals surface area contributed by atoms with E-state index in [1.807, 2.05) is 37.2 Å². The van der Waals surface area contributed by atoms with E-state index < -0.39 is 11.4 Å². The fraction of sp³-hybridized carbons (Fsp3) is 0.500. The summed E-state index contributed by atoms with van der Waals surface area (Å²) in [5.74, 6) is -0.702. The van der Waals surface area contributed by atoms with Crippen LogP contribution in [0.1, 0.15) is 18.4 Å². The van der Waals surface area contributed by atoms with Crippen molar-refractivity contribution >= 4 is 23.3 Å². The lowest BCUT2D eigenvalue weighted by Crippen LogP contribution is -2.30. The molecule has 0 radical (unpaired) electrons. The van der Waals surface area contributed by atoms with Crippen molar-refractivity contribution in [2.24, 2.45) is 5.41 Å². The predicted molar refractivity (Wildman–Crippen MR) is 76.8 cm³/mol. The highest BCUT2D eigenvalue weighted by Gasteiger charge is 2.49. The van der Waals surface area contributed by atoms with Gasteiger partial charge in [0.2, 0.25) is 0 Å². The van der Waals surface area contributed by atoms with E-state index in [2.05, 4.69) is 5.32 Å². The summed E-state index contributed by atoms with van der Waals surface area (Å²) in [6.45, 7) is 1.09. The van der Waals surface area contributed by atoms with Crippen molar-refractivity contribution in [3.8, 4) is 0 Å². The normalized spacial score (nSPS) is 16.2. The Morgan fingerprint density at radius 1 is 1.47 bits per heavy atom. The number of carboxylic acid groups (broad SMARTS) is 1. The van der Waals surface area contributed by atoms with Crippen molar-refractivity contribution in [1.29, 1.82) is 0 Å². The second-order valence-electron chi connectivity index (χ2n) is 5.32. The zero-order valence-corrected chi connectivity index (χ0v) is 12.0. The molecule has 1 fully saturated rings. The maximum absolute atomic E-state index is 11.1. The van der Waals surface area contributed by atoms with E-state index in [0.717, 1.165) is 24.1 Å². The molecule has 1 aliphatic rings. The quantitative estimate of drug-likeness (QED) is 0.841. The molecule has 1 aromatic carbocycles. The molecule has 2 rings (SSSR count). The summed E-state index contributed by atoms with van der Waals surface area (Å²) in [6.07, 6.45) is 1.52. The number of nitrogens with one attached hydrogen (secondary N) is 1. The molecule has 0 unspecified atom stereocenters. The molecule has 0 saturated heterocycles. The van der Waals surface area contributed by atoms with Gasteiger partial charge >= 0.3 is 5.97 Å². The van der Waals surface area contributed by atoms with Gasteiger partial charge in [-0.3, -0.25) is 4.79 Å². The Hall–Kier alpha value is -1.26. The molecule has 0 aliphatic heterocycles. The van der Waals surface area contributed by atoms with Gasteiger partial charge < -0.3 is 15.3 Å². The van der Waals surface area contributed by atoms with E-state index in [1.54, 1.807) is 0 Å². The van der Waals surface area contributed by atoms with Crippen LogP contribution < -0.4 is 10.2 Å². The number of rotatable bonds is 6. The van der Waals surface area contributed by atoms with Crippen molar-refractivity contribution in [3.63, 3.8) is 0 Å². The molecule has 1 aliphatic carbocycles. The highest BCUT2D eigenvalue weighted by atomic mass is 35.5. The summed E-state index contributed by atoms with van der Waals surface area (Å²) in [7, 11) is 3.93. The van der Waals surface area contributed by atoms with Gasteiger partial charge in [0.05, 0.1) is 5.41 Å². The molecule has 0 bridgehead atoms. The first kappa shape index (κ1) is 14.2. The zero-order chi connectivity index (χ0) is 14.0. The third-order valence-electron chi connectivity index (χ3n) is 3.65. The minimum atomic E-state index is -0.702. The fourth-order valence-corrected chi connectivity index (χ4v) is 2.42. The Bertz CT molecular complexity index is 484. The number of nitrogens with zero attached hydrogens (tertiary/aromatic N) is 1. The smallest absolute Gasteiger partial charge is 0.310 e. The van der Waals surface area contributed by atoms with Crippen molar-refractivity contribution in [3.05, 3.63) is 28.8 Å². The van der Waals surface area contributed by atoms with E-state index in [9.17, 15) is 4.79 Å². The van der Waals surface area contributed by atoms with E-state index >= 15 is 0 Å². The summed E-state index contributed by atoms with van der Waals surface area (Å²) < 4.78 is 0. The first-order chi connectivity index (χ1) is 8.96. The SMILES string of the molecule is CN(C)c1cccc(Cl)c1CNCC1(C(=O)O)CC1. The average molecular weight is 283 g/mol. The lowest BCUT2D eigenvalue weighted by molar-refractivity contribution is -0.143. The van der Waals surface area contributed by atoms with Crippen molar-refractivity contribution in [2.45, 2.75) is 19.4 Å². The number of carboxylic acids is 1. The molecular weight excluding hydrogens is 264 g/mol. The Balaban J connectivity index is 2.02. The van der Waals surface area contributed by atoms with Crippen molar-refractivity contribution in [2.75, 3.05) is 25.5 Å². The lowest BCUT2D eigenvalue weighted by atomic mass is 10.1. The second-order valence-corrected chi connectivity index (χ2v) is 5.73. The van der Waals surface area contributed by atoms with Crippen LogP contribution in [0.3, 0.4) is 0 Å². The van der Waals surface area contributed by atoms with Crippen LogP contribution in [0.2, 0.25) is 5.02 Å². The summed E-state index contributed by atoms with van der Waals surface area (Å²) in [5, 5.41) is 13.1. The molecule has 0 heterocycles. The maximum Gasteiger partial charge on any atom is 0.310 e. The number of hydrogen-bond acceptors (Lipinski definition) is 3. The molecule has 4 nitrogen and oxygen atoms in total. The van der Waals surface area contributed by atoms with Crippen molar-refractivity contribution in [1.82, 2.24) is 5.32 Å². The van der Waals surface area contributed by atoms with Crippen LogP contribution in [0.4, 0.5) is 5.69 Å². The summed E-state index contributed by atoms with van der Waals surface area (Å²) in [6, 6.07) is 5.78. The number of halogens is 1.